The van der Waals surface area contributed by atoms with E-state index in [1.165, 1.54) is 0 Å². The molecular formula is C16H24ClNO3. The third kappa shape index (κ3) is 4.85. The number of aliphatic hydroxyl groups is 1. The Hall–Kier alpha value is -0.810. The molecule has 1 aliphatic rings. The van der Waals surface area contributed by atoms with E-state index in [9.17, 15) is 5.11 Å². The Bertz CT molecular complexity index is 477. The highest BCUT2D eigenvalue weighted by Gasteiger charge is 2.25. The first-order valence-corrected chi connectivity index (χ1v) is 7.76. The second kappa shape index (κ2) is 7.45. The molecule has 0 spiro atoms. The van der Waals surface area contributed by atoms with Crippen LogP contribution in [0.3, 0.4) is 0 Å². The van der Waals surface area contributed by atoms with Gasteiger partial charge >= 0.3 is 0 Å². The molecule has 1 unspecified atom stereocenters. The first-order valence-electron chi connectivity index (χ1n) is 7.38. The highest BCUT2D eigenvalue weighted by Crippen LogP contribution is 2.35. The molecule has 1 atom stereocenters. The molecule has 118 valence electrons. The fourth-order valence-electron chi connectivity index (χ4n) is 2.63. The minimum absolute atomic E-state index is 0.544. The van der Waals surface area contributed by atoms with Gasteiger partial charge in [0.1, 0.15) is 5.75 Å². The molecule has 1 aromatic rings. The summed E-state index contributed by atoms with van der Waals surface area (Å²) in [6.07, 6.45) is 2.10. The summed E-state index contributed by atoms with van der Waals surface area (Å²) in [4.78, 5) is 0. The normalized spacial score (nSPS) is 16.4. The topological polar surface area (TPSA) is 50.7 Å². The van der Waals surface area contributed by atoms with Crippen molar-refractivity contribution in [2.45, 2.75) is 31.8 Å². The molecule has 0 saturated heterocycles. The average Bonchev–Trinajstić information content (AvgIpc) is 2.86. The minimum atomic E-state index is -0.787. The number of fused-ring (bicyclic) bond motifs is 1. The smallest absolute Gasteiger partial charge is 0.126 e. The molecule has 0 aromatic heterocycles. The second-order valence-electron chi connectivity index (χ2n) is 5.82. The lowest BCUT2D eigenvalue weighted by molar-refractivity contribution is 0.0504. The van der Waals surface area contributed by atoms with E-state index in [2.05, 4.69) is 5.32 Å². The predicted octanol–water partition coefficient (Wildman–Crippen LogP) is 2.19. The van der Waals surface area contributed by atoms with Crippen LogP contribution in [0.2, 0.25) is 5.02 Å². The molecule has 0 bridgehead atoms. The fraction of sp³-hybridized carbons (Fsp3) is 0.625. The van der Waals surface area contributed by atoms with Crippen molar-refractivity contribution < 1.29 is 14.6 Å². The molecule has 21 heavy (non-hydrogen) atoms. The summed E-state index contributed by atoms with van der Waals surface area (Å²) < 4.78 is 10.7. The molecule has 0 aliphatic carbocycles. The van der Waals surface area contributed by atoms with Crippen LogP contribution in [0.4, 0.5) is 0 Å². The summed E-state index contributed by atoms with van der Waals surface area (Å²) in [6, 6.07) is 3.85. The van der Waals surface area contributed by atoms with Crippen LogP contribution in [0.5, 0.6) is 5.75 Å². The maximum Gasteiger partial charge on any atom is 0.126 e. The van der Waals surface area contributed by atoms with Crippen molar-refractivity contribution in [3.05, 3.63) is 28.3 Å². The van der Waals surface area contributed by atoms with E-state index in [4.69, 9.17) is 21.1 Å². The van der Waals surface area contributed by atoms with Crippen LogP contribution < -0.4 is 10.1 Å². The molecule has 1 aromatic carbocycles. The van der Waals surface area contributed by atoms with Gasteiger partial charge in [-0.15, -0.1) is 0 Å². The Morgan fingerprint density at radius 2 is 2.24 bits per heavy atom. The van der Waals surface area contributed by atoms with Gasteiger partial charge in [-0.2, -0.15) is 0 Å². The highest BCUT2D eigenvalue weighted by molar-refractivity contribution is 6.30. The maximum absolute atomic E-state index is 10.6. The Morgan fingerprint density at radius 3 is 3.00 bits per heavy atom. The number of hydrogen-bond donors (Lipinski definition) is 2. The van der Waals surface area contributed by atoms with E-state index in [1.807, 2.05) is 19.1 Å². The molecule has 2 rings (SSSR count). The van der Waals surface area contributed by atoms with Crippen molar-refractivity contribution >= 4 is 11.6 Å². The zero-order valence-corrected chi connectivity index (χ0v) is 13.5. The van der Waals surface area contributed by atoms with Crippen molar-refractivity contribution in [3.8, 4) is 5.75 Å². The quantitative estimate of drug-likeness (QED) is 0.722. The largest absolute Gasteiger partial charge is 0.493 e. The van der Waals surface area contributed by atoms with Crippen molar-refractivity contribution in [1.29, 1.82) is 0 Å². The van der Waals surface area contributed by atoms with Gasteiger partial charge in [-0.1, -0.05) is 11.6 Å². The molecule has 0 fully saturated rings. The van der Waals surface area contributed by atoms with E-state index < -0.39 is 5.60 Å². The number of ether oxygens (including phenoxy) is 2. The van der Waals surface area contributed by atoms with Gasteiger partial charge in [0.15, 0.2) is 0 Å². The number of benzene rings is 1. The van der Waals surface area contributed by atoms with Gasteiger partial charge < -0.3 is 19.9 Å². The van der Waals surface area contributed by atoms with Gasteiger partial charge in [-0.25, -0.2) is 0 Å². The Balaban J connectivity index is 1.94. The molecule has 1 heterocycles. The maximum atomic E-state index is 10.6. The van der Waals surface area contributed by atoms with Gasteiger partial charge in [-0.3, -0.25) is 0 Å². The average molecular weight is 314 g/mol. The van der Waals surface area contributed by atoms with E-state index in [0.717, 1.165) is 36.4 Å². The lowest BCUT2D eigenvalue weighted by Crippen LogP contribution is -2.33. The minimum Gasteiger partial charge on any atom is -0.493 e. The SMILES string of the molecule is COCCNCCC(C)(O)Cc1cc(Cl)cc2c1OCC2. The predicted molar refractivity (Wildman–Crippen MR) is 84.3 cm³/mol. The van der Waals surface area contributed by atoms with Crippen LogP contribution in [-0.4, -0.2) is 44.1 Å². The van der Waals surface area contributed by atoms with Crippen molar-refractivity contribution in [1.82, 2.24) is 5.32 Å². The van der Waals surface area contributed by atoms with Gasteiger partial charge in [0.05, 0.1) is 18.8 Å². The lowest BCUT2D eigenvalue weighted by atomic mass is 9.91. The number of nitrogens with one attached hydrogen (secondary N) is 1. The van der Waals surface area contributed by atoms with Gasteiger partial charge in [0.2, 0.25) is 0 Å². The van der Waals surface area contributed by atoms with Crippen LogP contribution in [0.25, 0.3) is 0 Å². The van der Waals surface area contributed by atoms with E-state index in [1.54, 1.807) is 7.11 Å². The molecule has 0 amide bonds. The molecule has 5 heteroatoms. The van der Waals surface area contributed by atoms with Crippen molar-refractivity contribution in [2.75, 3.05) is 33.4 Å². The Labute approximate surface area is 131 Å². The standard InChI is InChI=1S/C16H24ClNO3/c1-16(19,4-5-18-6-8-20-2)11-13-10-14(17)9-12-3-7-21-15(12)13/h9-10,18-19H,3-8,11H2,1-2H3. The van der Waals surface area contributed by atoms with E-state index >= 15 is 0 Å². The molecule has 0 saturated carbocycles. The van der Waals surface area contributed by atoms with E-state index in [0.29, 0.717) is 31.1 Å². The fourth-order valence-corrected chi connectivity index (χ4v) is 2.90. The van der Waals surface area contributed by atoms with Gasteiger partial charge in [0, 0.05) is 31.5 Å². The van der Waals surface area contributed by atoms with Crippen LogP contribution >= 0.6 is 11.6 Å². The summed E-state index contributed by atoms with van der Waals surface area (Å²) >= 11 is 6.16. The summed E-state index contributed by atoms with van der Waals surface area (Å²) in [5, 5.41) is 14.5. The Morgan fingerprint density at radius 1 is 1.43 bits per heavy atom. The monoisotopic (exact) mass is 313 g/mol. The van der Waals surface area contributed by atoms with Crippen LogP contribution in [0.1, 0.15) is 24.5 Å². The van der Waals surface area contributed by atoms with E-state index in [-0.39, 0.29) is 0 Å². The summed E-state index contributed by atoms with van der Waals surface area (Å²) in [5.74, 6) is 0.909. The number of methoxy groups -OCH3 is 1. The summed E-state index contributed by atoms with van der Waals surface area (Å²) in [6.45, 7) is 4.77. The number of rotatable bonds is 8. The molecule has 0 radical (unpaired) electrons. The van der Waals surface area contributed by atoms with Crippen molar-refractivity contribution in [3.63, 3.8) is 0 Å². The summed E-state index contributed by atoms with van der Waals surface area (Å²) in [7, 11) is 1.68. The van der Waals surface area contributed by atoms with Crippen molar-refractivity contribution in [2.24, 2.45) is 0 Å². The molecule has 1 aliphatic heterocycles. The zero-order valence-electron chi connectivity index (χ0n) is 12.7. The Kier molecular flexibility index (Phi) is 5.88. The van der Waals surface area contributed by atoms with Crippen LogP contribution in [0.15, 0.2) is 12.1 Å². The summed E-state index contributed by atoms with van der Waals surface area (Å²) in [5.41, 5.74) is 1.35. The third-order valence-corrected chi connectivity index (χ3v) is 3.94. The lowest BCUT2D eigenvalue weighted by Gasteiger charge is -2.24. The number of hydrogen-bond acceptors (Lipinski definition) is 4. The first kappa shape index (κ1) is 16.6. The molecule has 2 N–H and O–H groups in total. The third-order valence-electron chi connectivity index (χ3n) is 3.72. The zero-order chi connectivity index (χ0) is 15.3. The molecule has 4 nitrogen and oxygen atoms in total. The van der Waals surface area contributed by atoms with Crippen LogP contribution in [0, 0.1) is 0 Å². The highest BCUT2D eigenvalue weighted by atomic mass is 35.5. The van der Waals surface area contributed by atoms with Gasteiger partial charge in [0.25, 0.3) is 0 Å². The second-order valence-corrected chi connectivity index (χ2v) is 6.25. The molecular weight excluding hydrogens is 290 g/mol. The number of halogens is 1. The first-order chi connectivity index (χ1) is 10.0. The van der Waals surface area contributed by atoms with Crippen LogP contribution in [-0.2, 0) is 17.6 Å². The van der Waals surface area contributed by atoms with Gasteiger partial charge in [-0.05, 0) is 43.1 Å².